The zero-order valence-electron chi connectivity index (χ0n) is 22.0. The Kier molecular flexibility index (Phi) is 6.70. The molecule has 1 atom stereocenters. The minimum absolute atomic E-state index is 0.0484. The molecule has 212 valence electrons. The molecule has 11 heteroatoms. The van der Waals surface area contributed by atoms with E-state index in [9.17, 15) is 26.7 Å². The third-order valence-electron chi connectivity index (χ3n) is 8.20. The highest BCUT2D eigenvalue weighted by molar-refractivity contribution is 5.94. The minimum Gasteiger partial charge on any atom is -0.369 e. The molecule has 1 aliphatic carbocycles. The molecule has 2 aliphatic heterocycles. The number of benzene rings is 2. The van der Waals surface area contributed by atoms with Gasteiger partial charge in [0, 0.05) is 25.0 Å². The van der Waals surface area contributed by atoms with Gasteiger partial charge in [-0.25, -0.2) is 18.3 Å². The van der Waals surface area contributed by atoms with E-state index in [1.165, 1.54) is 40.0 Å². The number of piperidine rings is 1. The monoisotopic (exact) mass is 559 g/mol. The number of aromatic nitrogens is 2. The number of aryl methyl sites for hydroxylation is 1. The number of hydrogen-bond donors (Lipinski definition) is 0. The van der Waals surface area contributed by atoms with Gasteiger partial charge in [-0.1, -0.05) is 30.3 Å². The summed E-state index contributed by atoms with van der Waals surface area (Å²) in [5.74, 6) is -0.438. The lowest BCUT2D eigenvalue weighted by atomic mass is 10.00. The number of hydrogen-bond acceptors (Lipinski definition) is 3. The Morgan fingerprint density at radius 2 is 1.75 bits per heavy atom. The summed E-state index contributed by atoms with van der Waals surface area (Å²) in [6.45, 7) is 2.70. The van der Waals surface area contributed by atoms with Crippen LogP contribution in [-0.2, 0) is 19.3 Å². The zero-order chi connectivity index (χ0) is 28.2. The molecule has 3 heterocycles. The Labute approximate surface area is 229 Å². The van der Waals surface area contributed by atoms with Gasteiger partial charge in [0.1, 0.15) is 11.5 Å². The fourth-order valence-corrected chi connectivity index (χ4v) is 5.93. The van der Waals surface area contributed by atoms with Crippen LogP contribution in [0.15, 0.2) is 48.7 Å². The van der Waals surface area contributed by atoms with Crippen molar-refractivity contribution in [1.29, 1.82) is 0 Å². The standard InChI is InChI=1S/C29H30F5N5O/c1-18-5-4-8-23(30)26(18)36-13-11-21(12-14-36)37-16-24-25(17-39(35-24)27(31)19-9-10-19)38(28(37)40)15-20-6-2-3-7-22(20)29(32,33)34/h2-8,17,19,21,27H,9-16H2,1H3. The summed E-state index contributed by atoms with van der Waals surface area (Å²) in [5, 5.41) is 4.46. The first-order valence-electron chi connectivity index (χ1n) is 13.6. The number of rotatable bonds is 6. The van der Waals surface area contributed by atoms with E-state index in [0.29, 0.717) is 43.0 Å². The number of urea groups is 1. The van der Waals surface area contributed by atoms with E-state index in [1.807, 2.05) is 17.9 Å². The zero-order valence-corrected chi connectivity index (χ0v) is 22.0. The maximum atomic E-state index is 15.0. The molecule has 1 saturated heterocycles. The summed E-state index contributed by atoms with van der Waals surface area (Å²) in [6, 6.07) is 9.46. The Bertz CT molecular complexity index is 1390. The molecule has 40 heavy (non-hydrogen) atoms. The highest BCUT2D eigenvalue weighted by Crippen LogP contribution is 2.42. The van der Waals surface area contributed by atoms with Crippen LogP contribution in [0.25, 0.3) is 0 Å². The van der Waals surface area contributed by atoms with E-state index in [0.717, 1.165) is 24.5 Å². The van der Waals surface area contributed by atoms with E-state index < -0.39 is 24.1 Å². The molecule has 3 aliphatic rings. The molecule has 0 bridgehead atoms. The third-order valence-corrected chi connectivity index (χ3v) is 8.20. The highest BCUT2D eigenvalue weighted by Gasteiger charge is 2.41. The number of carbonyl (C=O) groups is 1. The molecule has 1 aromatic heterocycles. The normalized spacial score (nSPS) is 19.2. The van der Waals surface area contributed by atoms with Gasteiger partial charge in [0.05, 0.1) is 36.2 Å². The topological polar surface area (TPSA) is 44.6 Å². The summed E-state index contributed by atoms with van der Waals surface area (Å²) in [4.78, 5) is 18.8. The van der Waals surface area contributed by atoms with E-state index >= 15 is 0 Å². The summed E-state index contributed by atoms with van der Waals surface area (Å²) in [7, 11) is 0. The second-order valence-corrected chi connectivity index (χ2v) is 10.9. The molecule has 1 unspecified atom stereocenters. The van der Waals surface area contributed by atoms with Crippen molar-refractivity contribution in [1.82, 2.24) is 14.7 Å². The van der Waals surface area contributed by atoms with Crippen LogP contribution in [-0.4, -0.2) is 39.8 Å². The summed E-state index contributed by atoms with van der Waals surface area (Å²) in [5.41, 5.74) is 1.30. The lowest BCUT2D eigenvalue weighted by Gasteiger charge is -2.43. The van der Waals surface area contributed by atoms with Crippen LogP contribution in [0.2, 0.25) is 0 Å². The van der Waals surface area contributed by atoms with Crippen LogP contribution in [0.4, 0.5) is 38.1 Å². The van der Waals surface area contributed by atoms with Gasteiger partial charge in [0.25, 0.3) is 0 Å². The van der Waals surface area contributed by atoms with Gasteiger partial charge >= 0.3 is 12.2 Å². The third kappa shape index (κ3) is 4.90. The van der Waals surface area contributed by atoms with Crippen molar-refractivity contribution < 1.29 is 26.7 Å². The largest absolute Gasteiger partial charge is 0.416 e. The van der Waals surface area contributed by atoms with Crippen molar-refractivity contribution in [2.45, 2.75) is 64.2 Å². The Morgan fingerprint density at radius 3 is 2.42 bits per heavy atom. The maximum absolute atomic E-state index is 15.0. The number of fused-ring (bicyclic) bond motifs is 1. The molecule has 1 saturated carbocycles. The summed E-state index contributed by atoms with van der Waals surface area (Å²) in [6.07, 6.45) is -1.87. The van der Waals surface area contributed by atoms with Gasteiger partial charge in [-0.05, 0) is 55.9 Å². The predicted molar refractivity (Wildman–Crippen MR) is 140 cm³/mol. The van der Waals surface area contributed by atoms with Crippen molar-refractivity contribution in [3.8, 4) is 0 Å². The second kappa shape index (κ2) is 10.1. The fraction of sp³-hybridized carbons (Fsp3) is 0.448. The first-order valence-corrected chi connectivity index (χ1v) is 13.6. The van der Waals surface area contributed by atoms with Gasteiger partial charge in [0.15, 0.2) is 6.30 Å². The van der Waals surface area contributed by atoms with Crippen LogP contribution in [0, 0.1) is 18.7 Å². The van der Waals surface area contributed by atoms with E-state index in [-0.39, 0.29) is 36.4 Å². The van der Waals surface area contributed by atoms with E-state index in [2.05, 4.69) is 5.10 Å². The van der Waals surface area contributed by atoms with Gasteiger partial charge in [0.2, 0.25) is 0 Å². The van der Waals surface area contributed by atoms with Crippen LogP contribution < -0.4 is 9.80 Å². The second-order valence-electron chi connectivity index (χ2n) is 10.9. The number of anilines is 2. The average molecular weight is 560 g/mol. The molecule has 2 amide bonds. The van der Waals surface area contributed by atoms with Gasteiger partial charge in [-0.2, -0.15) is 18.3 Å². The molecular formula is C29H30F5N5O. The Morgan fingerprint density at radius 1 is 1.02 bits per heavy atom. The summed E-state index contributed by atoms with van der Waals surface area (Å²) >= 11 is 0. The van der Waals surface area contributed by atoms with Crippen LogP contribution in [0.3, 0.4) is 0 Å². The first kappa shape index (κ1) is 26.6. The highest BCUT2D eigenvalue weighted by atomic mass is 19.4. The smallest absolute Gasteiger partial charge is 0.369 e. The van der Waals surface area contributed by atoms with Crippen molar-refractivity contribution >= 4 is 17.4 Å². The number of amides is 2. The fourth-order valence-electron chi connectivity index (χ4n) is 5.93. The van der Waals surface area contributed by atoms with Crippen LogP contribution >= 0.6 is 0 Å². The van der Waals surface area contributed by atoms with Gasteiger partial charge < -0.3 is 9.80 Å². The molecule has 0 N–H and O–H groups in total. The molecule has 6 rings (SSSR count). The van der Waals surface area contributed by atoms with Crippen molar-refractivity contribution in [3.05, 3.63) is 76.9 Å². The number of nitrogens with zero attached hydrogens (tertiary/aromatic N) is 5. The SMILES string of the molecule is Cc1cccc(F)c1N1CCC(N2Cc3nn(C(F)C4CC4)cc3N(Cc3ccccc3C(F)(F)F)C2=O)CC1. The van der Waals surface area contributed by atoms with E-state index in [4.69, 9.17) is 0 Å². The van der Waals surface area contributed by atoms with Crippen molar-refractivity contribution in [3.63, 3.8) is 0 Å². The molecular weight excluding hydrogens is 529 g/mol. The molecule has 3 aromatic rings. The van der Waals surface area contributed by atoms with E-state index in [1.54, 1.807) is 11.0 Å². The lowest BCUT2D eigenvalue weighted by Crippen LogP contribution is -2.54. The Balaban J connectivity index is 1.29. The van der Waals surface area contributed by atoms with Crippen molar-refractivity contribution in [2.24, 2.45) is 5.92 Å². The average Bonchev–Trinajstić information content (AvgIpc) is 3.68. The summed E-state index contributed by atoms with van der Waals surface area (Å²) < 4.78 is 72.2. The Hall–Kier alpha value is -3.63. The van der Waals surface area contributed by atoms with Gasteiger partial charge in [-0.3, -0.25) is 4.90 Å². The maximum Gasteiger partial charge on any atom is 0.416 e. The van der Waals surface area contributed by atoms with Crippen molar-refractivity contribution in [2.75, 3.05) is 22.9 Å². The molecule has 0 spiro atoms. The number of alkyl halides is 4. The van der Waals surface area contributed by atoms with Crippen LogP contribution in [0.1, 0.15) is 54.4 Å². The lowest BCUT2D eigenvalue weighted by molar-refractivity contribution is -0.138. The molecule has 2 fully saturated rings. The number of para-hydroxylation sites is 1. The number of halogens is 5. The quantitative estimate of drug-likeness (QED) is 0.311. The van der Waals surface area contributed by atoms with Gasteiger partial charge in [-0.15, -0.1) is 0 Å². The minimum atomic E-state index is -4.59. The van der Waals surface area contributed by atoms with Crippen LogP contribution in [0.5, 0.6) is 0 Å². The number of carbonyl (C=O) groups excluding carboxylic acids is 1. The predicted octanol–water partition coefficient (Wildman–Crippen LogP) is 6.84. The molecule has 0 radical (unpaired) electrons. The molecule has 6 nitrogen and oxygen atoms in total. The first-order chi connectivity index (χ1) is 19.1. The molecule has 2 aromatic carbocycles.